The summed E-state index contributed by atoms with van der Waals surface area (Å²) < 4.78 is 6.70. The van der Waals surface area contributed by atoms with Gasteiger partial charge in [-0.05, 0) is 73.1 Å². The zero-order chi connectivity index (χ0) is 16.2. The topological polar surface area (TPSA) is 41.6 Å². The summed E-state index contributed by atoms with van der Waals surface area (Å²) in [6.07, 6.45) is 4.40. The highest BCUT2D eigenvalue weighted by atomic mass is 79.9. The minimum absolute atomic E-state index is 0. The van der Waals surface area contributed by atoms with Gasteiger partial charge in [0.15, 0.2) is 6.10 Å². The highest BCUT2D eigenvalue weighted by molar-refractivity contribution is 9.10. The number of benzene rings is 1. The lowest BCUT2D eigenvalue weighted by Gasteiger charge is -2.34. The third-order valence-corrected chi connectivity index (χ3v) is 5.34. The van der Waals surface area contributed by atoms with Crippen molar-refractivity contribution in [2.24, 2.45) is 5.92 Å². The predicted octanol–water partition coefficient (Wildman–Crippen LogP) is 3.63. The van der Waals surface area contributed by atoms with Crippen molar-refractivity contribution in [2.45, 2.75) is 44.8 Å². The van der Waals surface area contributed by atoms with Crippen molar-refractivity contribution in [3.63, 3.8) is 0 Å². The van der Waals surface area contributed by atoms with E-state index >= 15 is 0 Å². The summed E-state index contributed by atoms with van der Waals surface area (Å²) in [5.41, 5.74) is 0. The lowest BCUT2D eigenvalue weighted by molar-refractivity contribution is -0.139. The number of halogens is 2. The van der Waals surface area contributed by atoms with Crippen LogP contribution in [0, 0.1) is 5.92 Å². The van der Waals surface area contributed by atoms with E-state index in [2.05, 4.69) is 21.2 Å². The molecule has 1 unspecified atom stereocenters. The molecule has 1 heterocycles. The summed E-state index contributed by atoms with van der Waals surface area (Å²) in [5.74, 6) is 1.71. The second kappa shape index (κ2) is 9.07. The van der Waals surface area contributed by atoms with E-state index in [1.165, 1.54) is 12.8 Å². The quantitative estimate of drug-likeness (QED) is 0.768. The van der Waals surface area contributed by atoms with E-state index in [9.17, 15) is 4.79 Å². The second-order valence-electron chi connectivity index (χ2n) is 6.64. The molecule has 0 bridgehead atoms. The second-order valence-corrected chi connectivity index (χ2v) is 7.50. The third-order valence-electron chi connectivity index (χ3n) is 4.69. The molecule has 1 atom stereocenters. The summed E-state index contributed by atoms with van der Waals surface area (Å²) in [7, 11) is 0. The number of nitrogens with zero attached hydrogens (tertiary/aromatic N) is 1. The van der Waals surface area contributed by atoms with Gasteiger partial charge in [-0.3, -0.25) is 4.79 Å². The van der Waals surface area contributed by atoms with E-state index in [4.69, 9.17) is 4.74 Å². The molecule has 2 fully saturated rings. The minimum Gasteiger partial charge on any atom is -0.480 e. The Morgan fingerprint density at radius 1 is 1.29 bits per heavy atom. The van der Waals surface area contributed by atoms with Crippen LogP contribution in [-0.2, 0) is 4.79 Å². The van der Waals surface area contributed by atoms with Gasteiger partial charge in [0.25, 0.3) is 5.91 Å². The Balaban J connectivity index is 0.00000208. The van der Waals surface area contributed by atoms with Crippen LogP contribution in [0.2, 0.25) is 0 Å². The number of hydrogen-bond acceptors (Lipinski definition) is 3. The van der Waals surface area contributed by atoms with Gasteiger partial charge < -0.3 is 15.0 Å². The molecular formula is C18H26BrClN2O2. The predicted molar refractivity (Wildman–Crippen MR) is 102 cm³/mol. The molecule has 1 N–H and O–H groups in total. The van der Waals surface area contributed by atoms with Crippen LogP contribution in [0.15, 0.2) is 28.7 Å². The number of carbonyl (C=O) groups is 1. The van der Waals surface area contributed by atoms with E-state index in [0.717, 1.165) is 42.9 Å². The molecule has 1 saturated carbocycles. The van der Waals surface area contributed by atoms with E-state index < -0.39 is 6.10 Å². The van der Waals surface area contributed by atoms with Gasteiger partial charge in [0.2, 0.25) is 0 Å². The zero-order valence-corrected chi connectivity index (χ0v) is 16.4. The Hall–Kier alpha value is -0.780. The first-order valence-electron chi connectivity index (χ1n) is 8.57. The number of hydrogen-bond donors (Lipinski definition) is 1. The molecule has 0 spiro atoms. The number of nitrogens with one attached hydrogen (secondary N) is 1. The lowest BCUT2D eigenvalue weighted by Crippen LogP contribution is -2.48. The Labute approximate surface area is 158 Å². The molecular weight excluding hydrogens is 392 g/mol. The van der Waals surface area contributed by atoms with Crippen molar-refractivity contribution >= 4 is 34.2 Å². The first-order chi connectivity index (χ1) is 11.1. The molecule has 1 aromatic rings. The Morgan fingerprint density at radius 3 is 2.58 bits per heavy atom. The van der Waals surface area contributed by atoms with Crippen LogP contribution in [0.3, 0.4) is 0 Å². The van der Waals surface area contributed by atoms with Crippen LogP contribution >= 0.6 is 28.3 Å². The molecule has 1 saturated heterocycles. The SMILES string of the molecule is CC(Oc1ccccc1Br)C(=O)N1CCC(NCC2CC2)CC1.Cl. The van der Waals surface area contributed by atoms with Gasteiger partial charge >= 0.3 is 0 Å². The highest BCUT2D eigenvalue weighted by Crippen LogP contribution is 2.28. The molecule has 0 radical (unpaired) electrons. The molecule has 1 aliphatic heterocycles. The maximum Gasteiger partial charge on any atom is 0.263 e. The monoisotopic (exact) mass is 416 g/mol. The molecule has 4 nitrogen and oxygen atoms in total. The fraction of sp³-hybridized carbons (Fsp3) is 0.611. The van der Waals surface area contributed by atoms with Crippen molar-refractivity contribution in [3.05, 3.63) is 28.7 Å². The van der Waals surface area contributed by atoms with Gasteiger partial charge in [0, 0.05) is 19.1 Å². The smallest absolute Gasteiger partial charge is 0.263 e. The van der Waals surface area contributed by atoms with Gasteiger partial charge in [-0.25, -0.2) is 0 Å². The van der Waals surface area contributed by atoms with E-state index in [-0.39, 0.29) is 18.3 Å². The van der Waals surface area contributed by atoms with Crippen LogP contribution in [0.5, 0.6) is 5.75 Å². The van der Waals surface area contributed by atoms with Gasteiger partial charge in [-0.15, -0.1) is 12.4 Å². The van der Waals surface area contributed by atoms with Crippen molar-refractivity contribution in [3.8, 4) is 5.75 Å². The molecule has 1 aromatic carbocycles. The number of ether oxygens (including phenoxy) is 1. The summed E-state index contributed by atoms with van der Waals surface area (Å²) in [4.78, 5) is 14.5. The molecule has 24 heavy (non-hydrogen) atoms. The van der Waals surface area contributed by atoms with Gasteiger partial charge in [0.05, 0.1) is 4.47 Å². The van der Waals surface area contributed by atoms with E-state index in [1.54, 1.807) is 0 Å². The molecule has 0 aromatic heterocycles. The van der Waals surface area contributed by atoms with Crippen molar-refractivity contribution in [2.75, 3.05) is 19.6 Å². The fourth-order valence-corrected chi connectivity index (χ4v) is 3.38. The Kier molecular flexibility index (Phi) is 7.38. The summed E-state index contributed by atoms with van der Waals surface area (Å²) >= 11 is 3.45. The van der Waals surface area contributed by atoms with Crippen molar-refractivity contribution < 1.29 is 9.53 Å². The normalized spacial score (nSPS) is 19.5. The lowest BCUT2D eigenvalue weighted by atomic mass is 10.0. The van der Waals surface area contributed by atoms with Gasteiger partial charge in [-0.2, -0.15) is 0 Å². The Morgan fingerprint density at radius 2 is 1.96 bits per heavy atom. The van der Waals surface area contributed by atoms with E-state index in [0.29, 0.717) is 11.8 Å². The number of rotatable bonds is 6. The number of carbonyl (C=O) groups excluding carboxylic acids is 1. The van der Waals surface area contributed by atoms with Crippen molar-refractivity contribution in [1.29, 1.82) is 0 Å². The van der Waals surface area contributed by atoms with Gasteiger partial charge in [-0.1, -0.05) is 12.1 Å². The molecule has 1 amide bonds. The standard InChI is InChI=1S/C18H25BrN2O2.ClH/c1-13(23-17-5-3-2-4-16(17)19)18(22)21-10-8-15(9-11-21)20-12-14-6-7-14;/h2-5,13-15,20H,6-12H2,1H3;1H. The average Bonchev–Trinajstić information content (AvgIpc) is 3.39. The van der Waals surface area contributed by atoms with Crippen LogP contribution in [0.4, 0.5) is 0 Å². The number of likely N-dealkylation sites (tertiary alicyclic amines) is 1. The largest absolute Gasteiger partial charge is 0.480 e. The van der Waals surface area contributed by atoms with Crippen LogP contribution < -0.4 is 10.1 Å². The third kappa shape index (κ3) is 5.36. The summed E-state index contributed by atoms with van der Waals surface area (Å²) in [6.45, 7) is 4.63. The number of amides is 1. The van der Waals surface area contributed by atoms with Crippen LogP contribution in [0.25, 0.3) is 0 Å². The molecule has 6 heteroatoms. The van der Waals surface area contributed by atoms with Gasteiger partial charge in [0.1, 0.15) is 5.75 Å². The maximum atomic E-state index is 12.6. The molecule has 1 aliphatic carbocycles. The van der Waals surface area contributed by atoms with E-state index in [1.807, 2.05) is 36.1 Å². The highest BCUT2D eigenvalue weighted by Gasteiger charge is 2.28. The summed E-state index contributed by atoms with van der Waals surface area (Å²) in [6, 6.07) is 8.21. The van der Waals surface area contributed by atoms with Crippen LogP contribution in [-0.4, -0.2) is 42.6 Å². The first kappa shape index (κ1) is 19.5. The molecule has 134 valence electrons. The van der Waals surface area contributed by atoms with Crippen LogP contribution in [0.1, 0.15) is 32.6 Å². The number of piperidine rings is 1. The molecule has 3 rings (SSSR count). The first-order valence-corrected chi connectivity index (χ1v) is 9.36. The fourth-order valence-electron chi connectivity index (χ4n) is 3.00. The Bertz CT molecular complexity index is 546. The zero-order valence-electron chi connectivity index (χ0n) is 14.0. The minimum atomic E-state index is -0.454. The average molecular weight is 418 g/mol. The number of para-hydroxylation sites is 1. The molecule has 2 aliphatic rings. The van der Waals surface area contributed by atoms with Crippen molar-refractivity contribution in [1.82, 2.24) is 10.2 Å². The maximum absolute atomic E-state index is 12.6. The summed E-state index contributed by atoms with van der Waals surface area (Å²) in [5, 5.41) is 3.64.